The van der Waals surface area contributed by atoms with Crippen molar-refractivity contribution < 1.29 is 19.1 Å². The molecule has 29 heavy (non-hydrogen) atoms. The molecule has 152 valence electrons. The number of methoxy groups -OCH3 is 2. The van der Waals surface area contributed by atoms with Crippen molar-refractivity contribution in [3.8, 4) is 5.75 Å². The third-order valence-electron chi connectivity index (χ3n) is 4.27. The Labute approximate surface area is 170 Å². The molecule has 2 aromatic rings. The van der Waals surface area contributed by atoms with Crippen LogP contribution < -0.4 is 19.5 Å². The van der Waals surface area contributed by atoms with Crippen molar-refractivity contribution in [1.29, 1.82) is 0 Å². The van der Waals surface area contributed by atoms with Crippen molar-refractivity contribution in [1.82, 2.24) is 9.88 Å². The number of para-hydroxylation sites is 1. The summed E-state index contributed by atoms with van der Waals surface area (Å²) in [5.41, 5.74) is -0.0546. The van der Waals surface area contributed by atoms with Crippen LogP contribution in [0.5, 0.6) is 5.75 Å². The largest absolute Gasteiger partial charge is 0.494 e. The number of rotatable bonds is 5. The summed E-state index contributed by atoms with van der Waals surface area (Å²) in [7, 11) is 2.73. The summed E-state index contributed by atoms with van der Waals surface area (Å²) in [6.45, 7) is 1.23. The number of esters is 1. The Bertz CT molecular complexity index is 1110. The van der Waals surface area contributed by atoms with Gasteiger partial charge in [0, 0.05) is 19.2 Å². The number of likely N-dealkylation sites (tertiary alicyclic amines) is 1. The van der Waals surface area contributed by atoms with Gasteiger partial charge in [-0.3, -0.25) is 9.59 Å². The van der Waals surface area contributed by atoms with E-state index in [0.717, 1.165) is 30.3 Å². The Kier molecular flexibility index (Phi) is 6.55. The van der Waals surface area contributed by atoms with E-state index in [2.05, 4.69) is 19.9 Å². The number of ether oxygens (including phenoxy) is 2. The Morgan fingerprint density at radius 3 is 2.62 bits per heavy atom. The molecule has 0 unspecified atom stereocenters. The molecule has 0 spiro atoms. The van der Waals surface area contributed by atoms with Crippen molar-refractivity contribution >= 4 is 40.7 Å². The number of nitrogens with one attached hydrogen (secondary N) is 1. The third-order valence-corrected chi connectivity index (χ3v) is 5.29. The van der Waals surface area contributed by atoms with E-state index in [9.17, 15) is 14.4 Å². The van der Waals surface area contributed by atoms with Gasteiger partial charge in [-0.15, -0.1) is 21.6 Å². The van der Waals surface area contributed by atoms with Crippen molar-refractivity contribution in [2.75, 3.05) is 27.3 Å². The summed E-state index contributed by atoms with van der Waals surface area (Å²) in [5.74, 6) is -0.487. The maximum atomic E-state index is 13.0. The van der Waals surface area contributed by atoms with E-state index in [0.29, 0.717) is 24.5 Å². The van der Waals surface area contributed by atoms with Crippen molar-refractivity contribution in [3.05, 3.63) is 43.8 Å². The van der Waals surface area contributed by atoms with Crippen molar-refractivity contribution in [3.63, 3.8) is 0 Å². The van der Waals surface area contributed by atoms with Gasteiger partial charge in [0.05, 0.1) is 14.2 Å². The average Bonchev–Trinajstić information content (AvgIpc) is 3.39. The minimum atomic E-state index is -0.660. The van der Waals surface area contributed by atoms with Crippen molar-refractivity contribution in [2.45, 2.75) is 12.8 Å². The highest BCUT2D eigenvalue weighted by molar-refractivity contribution is 7.07. The molecule has 1 amide bonds. The molecule has 0 radical (unpaired) electrons. The molecule has 1 N–H and O–H groups in total. The maximum absolute atomic E-state index is 13.0. The summed E-state index contributed by atoms with van der Waals surface area (Å²) >= 11 is 0.950. The first-order chi connectivity index (χ1) is 14.0. The smallest absolute Gasteiger partial charge is 0.332 e. The van der Waals surface area contributed by atoms with E-state index >= 15 is 0 Å². The van der Waals surface area contributed by atoms with Crippen LogP contribution in [0.2, 0.25) is 0 Å². The van der Waals surface area contributed by atoms with Crippen LogP contribution in [0.15, 0.2) is 39.3 Å². The standard InChI is InChI=1S/C19H20N4O5S/c1-27-13-8-4-3-7-12(13)21-22-16(19(26)23-9-5-6-10-23)18-20-17(25)14(29-18)11-15(24)28-2/h3-4,7-8,11H,5-6,9-10H2,1-2H3,(H,20,25). The Morgan fingerprint density at radius 2 is 1.93 bits per heavy atom. The molecule has 9 nitrogen and oxygen atoms in total. The summed E-state index contributed by atoms with van der Waals surface area (Å²) in [6, 6.07) is 7.00. The number of nitrogens with zero attached hydrogens (tertiary/aromatic N) is 3. The summed E-state index contributed by atoms with van der Waals surface area (Å²) in [4.78, 5) is 40.9. The fourth-order valence-corrected chi connectivity index (χ4v) is 3.67. The summed E-state index contributed by atoms with van der Waals surface area (Å²) in [6.07, 6.45) is 2.89. The highest BCUT2D eigenvalue weighted by atomic mass is 32.1. The average molecular weight is 416 g/mol. The van der Waals surface area contributed by atoms with Crippen LogP contribution in [0.3, 0.4) is 0 Å². The quantitative estimate of drug-likeness (QED) is 0.575. The number of azo groups is 1. The van der Waals surface area contributed by atoms with Gasteiger partial charge in [-0.2, -0.15) is 0 Å². The van der Waals surface area contributed by atoms with Crippen LogP contribution in [-0.2, 0) is 14.3 Å². The molecule has 0 aliphatic carbocycles. The SMILES string of the molecule is COC(=O)C=c1sc(=C(N=Nc2ccccc2OC)C(=O)N2CCCC2)[nH]c1=O. The highest BCUT2D eigenvalue weighted by Crippen LogP contribution is 2.27. The number of thiazole rings is 1. The molecule has 0 atom stereocenters. The van der Waals surface area contributed by atoms with Gasteiger partial charge >= 0.3 is 5.97 Å². The lowest BCUT2D eigenvalue weighted by atomic mass is 10.3. The van der Waals surface area contributed by atoms with E-state index in [-0.39, 0.29) is 20.8 Å². The number of hydrogen-bond acceptors (Lipinski definition) is 8. The zero-order chi connectivity index (χ0) is 20.8. The summed E-state index contributed by atoms with van der Waals surface area (Å²) < 4.78 is 10.2. The van der Waals surface area contributed by atoms with Crippen molar-refractivity contribution in [2.24, 2.45) is 10.2 Å². The first-order valence-corrected chi connectivity index (χ1v) is 9.72. The normalized spacial score (nSPS) is 15.7. The molecular weight excluding hydrogens is 396 g/mol. The Hall–Kier alpha value is -3.27. The van der Waals surface area contributed by atoms with Gasteiger partial charge in [0.1, 0.15) is 20.6 Å². The molecule has 2 heterocycles. The number of H-pyrrole nitrogens is 1. The zero-order valence-electron chi connectivity index (χ0n) is 16.0. The minimum absolute atomic E-state index is 0.00409. The van der Waals surface area contributed by atoms with Crippen LogP contribution in [0.25, 0.3) is 11.8 Å². The second-order valence-corrected chi connectivity index (χ2v) is 7.19. The van der Waals surface area contributed by atoms with Gasteiger partial charge in [0.2, 0.25) is 0 Å². The monoisotopic (exact) mass is 416 g/mol. The predicted octanol–water partition coefficient (Wildman–Crippen LogP) is 0.913. The molecular formula is C19H20N4O5S. The third kappa shape index (κ3) is 4.77. The first kappa shape index (κ1) is 20.5. The van der Waals surface area contributed by atoms with Crippen LogP contribution in [0.4, 0.5) is 5.69 Å². The molecule has 1 saturated heterocycles. The predicted molar refractivity (Wildman–Crippen MR) is 107 cm³/mol. The van der Waals surface area contributed by atoms with E-state index < -0.39 is 11.5 Å². The second-order valence-electron chi connectivity index (χ2n) is 6.14. The van der Waals surface area contributed by atoms with Gasteiger partial charge in [0.15, 0.2) is 5.70 Å². The second kappa shape index (κ2) is 9.28. The lowest BCUT2D eigenvalue weighted by Crippen LogP contribution is -2.31. The zero-order valence-corrected chi connectivity index (χ0v) is 16.8. The van der Waals surface area contributed by atoms with Gasteiger partial charge < -0.3 is 19.4 Å². The Morgan fingerprint density at radius 1 is 1.21 bits per heavy atom. The molecule has 1 aromatic carbocycles. The fourth-order valence-electron chi connectivity index (χ4n) is 2.79. The number of aromatic nitrogens is 1. The first-order valence-electron chi connectivity index (χ1n) is 8.90. The lowest BCUT2D eigenvalue weighted by molar-refractivity contribution is -0.133. The number of amides is 1. The van der Waals surface area contributed by atoms with Gasteiger partial charge in [-0.1, -0.05) is 12.1 Å². The van der Waals surface area contributed by atoms with E-state index in [1.54, 1.807) is 29.2 Å². The number of hydrogen-bond donors (Lipinski definition) is 1. The molecule has 3 rings (SSSR count). The molecule has 1 aliphatic rings. The molecule has 10 heteroatoms. The molecule has 0 bridgehead atoms. The van der Waals surface area contributed by atoms with Gasteiger partial charge in [0.25, 0.3) is 11.5 Å². The van der Waals surface area contributed by atoms with Gasteiger partial charge in [-0.05, 0) is 25.0 Å². The molecule has 1 aromatic heterocycles. The number of carbonyl (C=O) groups is 2. The number of benzene rings is 1. The van der Waals surface area contributed by atoms with Crippen LogP contribution >= 0.6 is 11.3 Å². The molecule has 0 saturated carbocycles. The van der Waals surface area contributed by atoms with Crippen LogP contribution in [0, 0.1) is 0 Å². The van der Waals surface area contributed by atoms with Gasteiger partial charge in [-0.25, -0.2) is 4.79 Å². The van der Waals surface area contributed by atoms with Crippen LogP contribution in [-0.4, -0.2) is 49.1 Å². The Balaban J connectivity index is 2.12. The number of aromatic amines is 1. The lowest BCUT2D eigenvalue weighted by Gasteiger charge is -2.14. The minimum Gasteiger partial charge on any atom is -0.494 e. The maximum Gasteiger partial charge on any atom is 0.332 e. The molecule has 1 aliphatic heterocycles. The van der Waals surface area contributed by atoms with Crippen LogP contribution in [0.1, 0.15) is 12.8 Å². The highest BCUT2D eigenvalue weighted by Gasteiger charge is 2.23. The van der Waals surface area contributed by atoms with E-state index in [4.69, 9.17) is 4.74 Å². The molecule has 1 fully saturated rings. The number of carbonyl (C=O) groups excluding carboxylic acids is 2. The van der Waals surface area contributed by atoms with E-state index in [1.807, 2.05) is 0 Å². The fraction of sp³-hybridized carbons (Fsp3) is 0.316. The van der Waals surface area contributed by atoms with E-state index in [1.165, 1.54) is 14.2 Å². The summed E-state index contributed by atoms with van der Waals surface area (Å²) in [5, 5.41) is 8.31. The topological polar surface area (TPSA) is 113 Å².